The quantitative estimate of drug-likeness (QED) is 0.110. The van der Waals surface area contributed by atoms with Crippen LogP contribution in [0, 0.1) is 6.92 Å². The van der Waals surface area contributed by atoms with Gasteiger partial charge in [0.15, 0.2) is 5.78 Å². The number of ketones is 1. The second kappa shape index (κ2) is 16.8. The largest absolute Gasteiger partial charge is 0.493 e. The van der Waals surface area contributed by atoms with Crippen molar-refractivity contribution in [2.45, 2.75) is 97.3 Å². The molecule has 0 saturated heterocycles. The molecular weight excluding hydrogens is 582 g/mol. The van der Waals surface area contributed by atoms with Crippen molar-refractivity contribution in [3.63, 3.8) is 0 Å². The number of aryl methyl sites for hydroxylation is 2. The van der Waals surface area contributed by atoms with E-state index < -0.39 is 11.7 Å². The number of carbonyl (C=O) groups is 3. The summed E-state index contributed by atoms with van der Waals surface area (Å²) in [4.78, 5) is 37.7. The van der Waals surface area contributed by atoms with Crippen LogP contribution in [0.25, 0.3) is 0 Å². The van der Waals surface area contributed by atoms with Gasteiger partial charge >= 0.3 is 12.1 Å². The average Bonchev–Trinajstić information content (AvgIpc) is 3.03. The Bertz CT molecular complexity index is 1460. The van der Waals surface area contributed by atoms with Gasteiger partial charge in [-0.1, -0.05) is 55.7 Å². The number of ether oxygens (including phenoxy) is 4. The molecule has 1 amide bonds. The highest BCUT2D eigenvalue weighted by atomic mass is 16.6. The lowest BCUT2D eigenvalue weighted by Gasteiger charge is -2.22. The summed E-state index contributed by atoms with van der Waals surface area (Å²) in [6.07, 6.45) is 6.28. The van der Waals surface area contributed by atoms with Crippen LogP contribution in [0.5, 0.6) is 11.5 Å². The highest BCUT2D eigenvalue weighted by molar-refractivity contribution is 6.09. The third kappa shape index (κ3) is 11.2. The molecule has 3 aromatic rings. The van der Waals surface area contributed by atoms with Crippen molar-refractivity contribution in [3.05, 3.63) is 94.5 Å². The number of hydrogen-bond acceptors (Lipinski definition) is 7. The maximum absolute atomic E-state index is 12.8. The third-order valence-corrected chi connectivity index (χ3v) is 7.77. The van der Waals surface area contributed by atoms with Crippen molar-refractivity contribution in [3.8, 4) is 11.5 Å². The molecule has 0 heterocycles. The Hall–Kier alpha value is -4.33. The predicted molar refractivity (Wildman–Crippen MR) is 177 cm³/mol. The van der Waals surface area contributed by atoms with Crippen LogP contribution >= 0.6 is 0 Å². The number of carbonyl (C=O) groups excluding carboxylic acids is 3. The van der Waals surface area contributed by atoms with E-state index >= 15 is 0 Å². The van der Waals surface area contributed by atoms with Gasteiger partial charge in [0.05, 0.1) is 13.2 Å². The lowest BCUT2D eigenvalue weighted by Crippen LogP contribution is -2.36. The van der Waals surface area contributed by atoms with E-state index in [9.17, 15) is 14.4 Å². The Morgan fingerprint density at radius 2 is 1.57 bits per heavy atom. The van der Waals surface area contributed by atoms with E-state index in [4.69, 9.17) is 18.9 Å². The summed E-state index contributed by atoms with van der Waals surface area (Å²) in [6, 6.07) is 20.5. The summed E-state index contributed by atoms with van der Waals surface area (Å²) in [5.41, 5.74) is 3.31. The monoisotopic (exact) mass is 629 g/mol. The summed E-state index contributed by atoms with van der Waals surface area (Å²) in [6.45, 7) is 8.40. The third-order valence-electron chi connectivity index (χ3n) is 7.77. The highest BCUT2D eigenvalue weighted by Gasteiger charge is 2.19. The molecule has 0 atom stereocenters. The van der Waals surface area contributed by atoms with Gasteiger partial charge in [-0.05, 0) is 94.0 Å². The standard InChI is InChI=1S/C38H47NO7/c1-27-24-30(36(41)29-12-7-5-8-13-29)17-20-34(27)44-23-11-22-43-33-19-16-28(18-21-35(40)46-38(2,3)4)31(25-33)26-45-37(42)39-32-14-9-6-10-15-32/h5,7-8,12-13,16-17,19-20,24-25,32H,6,9-11,14-15,18,21-23,26H2,1-4H3,(H,39,42). The van der Waals surface area contributed by atoms with E-state index in [1.165, 1.54) is 6.42 Å². The van der Waals surface area contributed by atoms with Gasteiger partial charge in [0.25, 0.3) is 0 Å². The molecule has 1 saturated carbocycles. The van der Waals surface area contributed by atoms with Gasteiger partial charge in [-0.15, -0.1) is 0 Å². The van der Waals surface area contributed by atoms with Crippen LogP contribution in [0.1, 0.15) is 98.3 Å². The zero-order chi connectivity index (χ0) is 32.9. The molecule has 8 nitrogen and oxygen atoms in total. The first kappa shape index (κ1) is 34.5. The van der Waals surface area contributed by atoms with Crippen molar-refractivity contribution in [2.75, 3.05) is 13.2 Å². The number of benzene rings is 3. The zero-order valence-corrected chi connectivity index (χ0v) is 27.6. The first-order valence-corrected chi connectivity index (χ1v) is 16.3. The van der Waals surface area contributed by atoms with Gasteiger partial charge in [-0.3, -0.25) is 9.59 Å². The lowest BCUT2D eigenvalue weighted by atomic mass is 9.96. The van der Waals surface area contributed by atoms with E-state index in [1.807, 2.05) is 88.4 Å². The van der Waals surface area contributed by atoms with Crippen molar-refractivity contribution in [1.29, 1.82) is 0 Å². The topological polar surface area (TPSA) is 100 Å². The molecular formula is C38H47NO7. The highest BCUT2D eigenvalue weighted by Crippen LogP contribution is 2.24. The number of alkyl carbamates (subject to hydrolysis) is 1. The Morgan fingerprint density at radius 1 is 0.826 bits per heavy atom. The lowest BCUT2D eigenvalue weighted by molar-refractivity contribution is -0.154. The predicted octanol–water partition coefficient (Wildman–Crippen LogP) is 7.91. The van der Waals surface area contributed by atoms with E-state index in [1.54, 1.807) is 6.07 Å². The Balaban J connectivity index is 1.29. The first-order chi connectivity index (χ1) is 22.1. The Kier molecular flexibility index (Phi) is 12.6. The van der Waals surface area contributed by atoms with Gasteiger partial charge in [0, 0.05) is 30.0 Å². The molecule has 0 radical (unpaired) electrons. The molecule has 0 bridgehead atoms. The summed E-state index contributed by atoms with van der Waals surface area (Å²) in [5.74, 6) is 1.08. The minimum absolute atomic E-state index is 0.0193. The molecule has 1 aliphatic rings. The van der Waals surface area contributed by atoms with E-state index in [-0.39, 0.29) is 30.8 Å². The minimum Gasteiger partial charge on any atom is -0.493 e. The van der Waals surface area contributed by atoms with Crippen LogP contribution in [0.15, 0.2) is 66.7 Å². The molecule has 4 rings (SSSR count). The average molecular weight is 630 g/mol. The molecule has 0 aliphatic heterocycles. The van der Waals surface area contributed by atoms with Crippen LogP contribution in [0.2, 0.25) is 0 Å². The van der Waals surface area contributed by atoms with E-state index in [0.29, 0.717) is 42.9 Å². The van der Waals surface area contributed by atoms with Crippen LogP contribution in [0.4, 0.5) is 4.79 Å². The first-order valence-electron chi connectivity index (χ1n) is 16.3. The Labute approximate surface area is 272 Å². The van der Waals surface area contributed by atoms with Crippen molar-refractivity contribution in [2.24, 2.45) is 0 Å². The molecule has 46 heavy (non-hydrogen) atoms. The number of amides is 1. The normalized spacial score (nSPS) is 13.5. The molecule has 1 fully saturated rings. The summed E-state index contributed by atoms with van der Waals surface area (Å²) in [5, 5.41) is 2.98. The zero-order valence-electron chi connectivity index (χ0n) is 27.6. The molecule has 0 unspecified atom stereocenters. The summed E-state index contributed by atoms with van der Waals surface area (Å²) < 4.78 is 23.1. The molecule has 1 N–H and O–H groups in total. The van der Waals surface area contributed by atoms with Crippen LogP contribution in [-0.4, -0.2) is 42.7 Å². The van der Waals surface area contributed by atoms with Crippen molar-refractivity contribution >= 4 is 17.8 Å². The number of esters is 1. The van der Waals surface area contributed by atoms with Crippen LogP contribution in [0.3, 0.4) is 0 Å². The fraction of sp³-hybridized carbons (Fsp3) is 0.447. The molecule has 0 aromatic heterocycles. The molecule has 3 aromatic carbocycles. The Morgan fingerprint density at radius 3 is 2.28 bits per heavy atom. The summed E-state index contributed by atoms with van der Waals surface area (Å²) in [7, 11) is 0. The maximum atomic E-state index is 12.8. The number of hydrogen-bond donors (Lipinski definition) is 1. The number of rotatable bonds is 14. The second-order valence-electron chi connectivity index (χ2n) is 12.8. The van der Waals surface area contributed by atoms with Crippen LogP contribution in [-0.2, 0) is 27.3 Å². The molecule has 0 spiro atoms. The minimum atomic E-state index is -0.550. The van der Waals surface area contributed by atoms with Gasteiger partial charge in [0.2, 0.25) is 0 Å². The smallest absolute Gasteiger partial charge is 0.407 e. The second-order valence-corrected chi connectivity index (χ2v) is 12.8. The van der Waals surface area contributed by atoms with Gasteiger partial charge in [-0.2, -0.15) is 0 Å². The fourth-order valence-electron chi connectivity index (χ4n) is 5.44. The van der Waals surface area contributed by atoms with Gasteiger partial charge < -0.3 is 24.3 Å². The maximum Gasteiger partial charge on any atom is 0.407 e. The van der Waals surface area contributed by atoms with Crippen molar-refractivity contribution < 1.29 is 33.3 Å². The SMILES string of the molecule is Cc1cc(C(=O)c2ccccc2)ccc1OCCCOc1ccc(CCC(=O)OC(C)(C)C)c(COC(=O)NC2CCCCC2)c1. The van der Waals surface area contributed by atoms with Crippen molar-refractivity contribution in [1.82, 2.24) is 5.32 Å². The van der Waals surface area contributed by atoms with Gasteiger partial charge in [-0.25, -0.2) is 4.79 Å². The van der Waals surface area contributed by atoms with E-state index in [2.05, 4.69) is 5.32 Å². The molecule has 246 valence electrons. The fourth-order valence-corrected chi connectivity index (χ4v) is 5.44. The molecule has 8 heteroatoms. The molecule has 1 aliphatic carbocycles. The van der Waals surface area contributed by atoms with Gasteiger partial charge in [0.1, 0.15) is 23.7 Å². The van der Waals surface area contributed by atoms with E-state index in [0.717, 1.165) is 48.1 Å². The number of nitrogens with one attached hydrogen (secondary N) is 1. The summed E-state index contributed by atoms with van der Waals surface area (Å²) >= 11 is 0. The van der Waals surface area contributed by atoms with Crippen LogP contribution < -0.4 is 14.8 Å².